The molecule has 4 heterocycles. The van der Waals surface area contributed by atoms with Crippen LogP contribution in [-0.4, -0.2) is 232 Å². The fourth-order valence-electron chi connectivity index (χ4n) is 16.5. The summed E-state index contributed by atoms with van der Waals surface area (Å²) in [6, 6.07) is 0. The fourth-order valence-corrected chi connectivity index (χ4v) is 16.5. The minimum Gasteiger partial charge on any atom is -0.479 e. The maximum absolute atomic E-state index is 12.7. The molecule has 4 aliphatic heterocycles. The van der Waals surface area contributed by atoms with E-state index in [1.165, 1.54) is 19.4 Å². The van der Waals surface area contributed by atoms with Crippen molar-refractivity contribution in [1.29, 1.82) is 0 Å². The second kappa shape index (κ2) is 21.2. The van der Waals surface area contributed by atoms with Crippen LogP contribution < -0.4 is 0 Å². The van der Waals surface area contributed by atoms with Gasteiger partial charge in [0.1, 0.15) is 79.4 Å². The lowest BCUT2D eigenvalue weighted by atomic mass is 9.33. The molecule has 23 heteroatoms. The number of carbonyl (C=O) groups is 1. The summed E-state index contributed by atoms with van der Waals surface area (Å²) >= 11 is 0. The molecule has 0 radical (unpaired) electrons. The third-order valence-electron chi connectivity index (χ3n) is 21.8. The standard InChI is InChI=1S/C54H88O23/c1-21-29(57)32(60)36(64)45(70-21)74-38-31(59)25(19-55)72-48(41(38)77-46-37(65)33(61)30(58)22(2)71-46)76-40-35(63)34(62)39(44(68)69)75-47(40)73-28-13-14-51(6)26(52(28,7)20-56)12-15-54(9)27(51)11-10-23-24-18-49(3,4)42(66)43(67)50(24,5)16-17-53(23,54)8/h10,21-22,24-43,45-48,55-67H,11-20H2,1-9H3,(H,68,69)/t21-,22-,24-,25+,26+,27?,28-,29-,30-,31-,32+,33+,34-,35-,36+,37+,38-,39-,40+,41+,42-,43+,45-,46-,47+,48-,50+,51-,52+,53+,54+/m0/s1. The van der Waals surface area contributed by atoms with Gasteiger partial charge in [-0.1, -0.05) is 60.1 Å². The molecule has 0 aromatic rings. The number of fused-ring (bicyclic) bond motifs is 7. The molecule has 31 atom stereocenters. The lowest BCUT2D eigenvalue weighted by Crippen LogP contribution is -2.69. The summed E-state index contributed by atoms with van der Waals surface area (Å²) in [4.78, 5) is 12.7. The van der Waals surface area contributed by atoms with Gasteiger partial charge in [0.05, 0.1) is 43.7 Å². The highest BCUT2D eigenvalue weighted by Gasteiger charge is 2.71. The number of ether oxygens (including phenoxy) is 8. The molecule has 442 valence electrons. The largest absolute Gasteiger partial charge is 0.479 e. The Morgan fingerprint density at radius 2 is 1.14 bits per heavy atom. The number of hydrogen-bond donors (Lipinski definition) is 14. The summed E-state index contributed by atoms with van der Waals surface area (Å²) in [7, 11) is 0. The number of rotatable bonds is 11. The monoisotopic (exact) mass is 1100 g/mol. The number of hydrogen-bond acceptors (Lipinski definition) is 22. The van der Waals surface area contributed by atoms with Crippen LogP contribution in [-0.2, 0) is 42.7 Å². The number of allylic oxidation sites excluding steroid dienone is 2. The third kappa shape index (κ3) is 9.42. The smallest absolute Gasteiger partial charge is 0.335 e. The SMILES string of the molecule is C[C@@H]1O[C@@H](O[C@H]2[C@H](O[C@H]3[C@H](O[C@H]4CC[C@]5(C)C6CC=C7[C@@H]8CC(C)(C)[C@@H](O)[C@@H](O)[C@]8(C)CC[C@@]7(C)[C@]6(C)CC[C@H]5[C@@]4(C)CO)O[C@H](C(=O)O)[C@@H](O)[C@@H]3O)O[C@H](CO)[C@H](O)[C@@H]2O[C@@H]2O[C@@H](C)[C@H](O)[C@@H](O)[C@H]2O)[C@H](O)[C@H](O)[C@H]1O. The van der Waals surface area contributed by atoms with E-state index in [1.807, 2.05) is 20.8 Å². The first kappa shape index (κ1) is 60.0. The molecule has 0 amide bonds. The summed E-state index contributed by atoms with van der Waals surface area (Å²) in [6.45, 7) is 16.6. The Balaban J connectivity index is 1.03. The van der Waals surface area contributed by atoms with E-state index in [-0.39, 0.29) is 40.6 Å². The Bertz CT molecular complexity index is 2150. The molecule has 0 spiro atoms. The van der Waals surface area contributed by atoms with Crippen molar-refractivity contribution in [2.45, 2.75) is 255 Å². The lowest BCUT2D eigenvalue weighted by Gasteiger charge is -2.72. The van der Waals surface area contributed by atoms with Crippen molar-refractivity contribution >= 4 is 5.97 Å². The van der Waals surface area contributed by atoms with Gasteiger partial charge in [-0.3, -0.25) is 0 Å². The predicted octanol–water partition coefficient (Wildman–Crippen LogP) is -1.47. The van der Waals surface area contributed by atoms with Gasteiger partial charge >= 0.3 is 5.97 Å². The Kier molecular flexibility index (Phi) is 16.5. The number of aliphatic hydroxyl groups is 13. The molecule has 5 aliphatic carbocycles. The van der Waals surface area contributed by atoms with E-state index < -0.39 is 170 Å². The summed E-state index contributed by atoms with van der Waals surface area (Å²) < 4.78 is 49.1. The van der Waals surface area contributed by atoms with Crippen LogP contribution in [0.15, 0.2) is 11.6 Å². The summed E-state index contributed by atoms with van der Waals surface area (Å²) in [5, 5.41) is 155. The second-order valence-corrected chi connectivity index (χ2v) is 26.4. The van der Waals surface area contributed by atoms with Crippen LogP contribution in [0.4, 0.5) is 0 Å². The van der Waals surface area contributed by atoms with Crippen LogP contribution in [0, 0.1) is 50.2 Å². The van der Waals surface area contributed by atoms with Crippen molar-refractivity contribution in [3.8, 4) is 0 Å². The average Bonchev–Trinajstić information content (AvgIpc) is 3.58. The van der Waals surface area contributed by atoms with Gasteiger partial charge in [-0.05, 0) is 105 Å². The van der Waals surface area contributed by atoms with Crippen LogP contribution in [0.25, 0.3) is 0 Å². The van der Waals surface area contributed by atoms with E-state index in [4.69, 9.17) is 37.9 Å². The maximum Gasteiger partial charge on any atom is 0.335 e. The van der Waals surface area contributed by atoms with Crippen LogP contribution >= 0.6 is 0 Å². The Hall–Kier alpha value is -1.63. The van der Waals surface area contributed by atoms with E-state index in [0.29, 0.717) is 19.3 Å². The molecule has 4 saturated heterocycles. The maximum atomic E-state index is 12.7. The van der Waals surface area contributed by atoms with Crippen molar-refractivity contribution in [2.75, 3.05) is 13.2 Å². The number of aliphatic carboxylic acids is 1. The van der Waals surface area contributed by atoms with Crippen LogP contribution in [0.1, 0.15) is 114 Å². The number of carboxylic acids is 1. The van der Waals surface area contributed by atoms with Crippen LogP contribution in [0.3, 0.4) is 0 Å². The van der Waals surface area contributed by atoms with Crippen molar-refractivity contribution in [3.63, 3.8) is 0 Å². The fraction of sp³-hybridized carbons (Fsp3) is 0.944. The van der Waals surface area contributed by atoms with Crippen molar-refractivity contribution in [1.82, 2.24) is 0 Å². The molecule has 9 rings (SSSR count). The number of carboxylic acid groups (broad SMARTS) is 1. The van der Waals surface area contributed by atoms with Gasteiger partial charge in [-0.2, -0.15) is 0 Å². The minimum absolute atomic E-state index is 0.0715. The molecule has 77 heavy (non-hydrogen) atoms. The molecule has 8 fully saturated rings. The zero-order valence-corrected chi connectivity index (χ0v) is 45.6. The third-order valence-corrected chi connectivity index (χ3v) is 21.8. The second-order valence-electron chi connectivity index (χ2n) is 26.4. The zero-order valence-electron chi connectivity index (χ0n) is 45.6. The molecular weight excluding hydrogens is 1020 g/mol. The molecule has 0 aromatic carbocycles. The van der Waals surface area contributed by atoms with E-state index >= 15 is 0 Å². The predicted molar refractivity (Wildman–Crippen MR) is 263 cm³/mol. The van der Waals surface area contributed by atoms with E-state index in [9.17, 15) is 76.3 Å². The first-order chi connectivity index (χ1) is 35.9. The van der Waals surface area contributed by atoms with Gasteiger partial charge in [0.15, 0.2) is 31.3 Å². The van der Waals surface area contributed by atoms with Gasteiger partial charge in [0, 0.05) is 10.8 Å². The Labute approximate surface area is 449 Å². The van der Waals surface area contributed by atoms with Gasteiger partial charge < -0.3 is 109 Å². The Morgan fingerprint density at radius 3 is 1.71 bits per heavy atom. The summed E-state index contributed by atoms with van der Waals surface area (Å²) in [5.74, 6) is -1.62. The first-order valence-corrected chi connectivity index (χ1v) is 27.7. The molecular formula is C54H88O23. The minimum atomic E-state index is -2.17. The van der Waals surface area contributed by atoms with Gasteiger partial charge in [0.2, 0.25) is 0 Å². The highest BCUT2D eigenvalue weighted by Crippen LogP contribution is 2.76. The molecule has 4 saturated carbocycles. The van der Waals surface area contributed by atoms with E-state index in [2.05, 4.69) is 33.8 Å². The first-order valence-electron chi connectivity index (χ1n) is 27.7. The van der Waals surface area contributed by atoms with Gasteiger partial charge in [-0.15, -0.1) is 0 Å². The molecule has 0 aromatic heterocycles. The van der Waals surface area contributed by atoms with Crippen molar-refractivity contribution in [3.05, 3.63) is 11.6 Å². The van der Waals surface area contributed by atoms with Crippen LogP contribution in [0.2, 0.25) is 0 Å². The van der Waals surface area contributed by atoms with Gasteiger partial charge in [-0.25, -0.2) is 4.79 Å². The number of aliphatic hydroxyl groups excluding tert-OH is 13. The lowest BCUT2D eigenvalue weighted by molar-refractivity contribution is -0.410. The molecule has 14 N–H and O–H groups in total. The molecule has 23 nitrogen and oxygen atoms in total. The zero-order chi connectivity index (χ0) is 56.6. The molecule has 1 unspecified atom stereocenters. The van der Waals surface area contributed by atoms with E-state index in [1.54, 1.807) is 0 Å². The van der Waals surface area contributed by atoms with E-state index in [0.717, 1.165) is 32.1 Å². The van der Waals surface area contributed by atoms with Gasteiger partial charge in [0.25, 0.3) is 0 Å². The van der Waals surface area contributed by atoms with Crippen molar-refractivity contribution < 1.29 is 114 Å². The summed E-state index contributed by atoms with van der Waals surface area (Å²) in [6.07, 6.45) is -30.9. The quantitative estimate of drug-likeness (QED) is 0.0829. The normalized spacial score (nSPS) is 56.7. The topological polar surface area (TPSA) is 374 Å². The van der Waals surface area contributed by atoms with Crippen molar-refractivity contribution in [2.24, 2.45) is 50.2 Å². The molecule has 0 bridgehead atoms. The molecule has 9 aliphatic rings. The Morgan fingerprint density at radius 1 is 0.571 bits per heavy atom. The highest BCUT2D eigenvalue weighted by atomic mass is 16.8. The highest BCUT2D eigenvalue weighted by molar-refractivity contribution is 5.73. The summed E-state index contributed by atoms with van der Waals surface area (Å²) in [5.41, 5.74) is -1.46. The average molecular weight is 1110 g/mol. The van der Waals surface area contributed by atoms with Crippen LogP contribution in [0.5, 0.6) is 0 Å².